The summed E-state index contributed by atoms with van der Waals surface area (Å²) in [5.74, 6) is 0. The summed E-state index contributed by atoms with van der Waals surface area (Å²) in [6.07, 6.45) is 0. The van der Waals surface area contributed by atoms with E-state index in [0.29, 0.717) is 0 Å². The van der Waals surface area contributed by atoms with Crippen molar-refractivity contribution in [2.45, 2.75) is 0 Å². The Kier molecular flexibility index (Phi) is 6.83. The maximum Gasteiger partial charge on any atom is 1.00 e. The third kappa shape index (κ3) is 12.3. The third-order valence-corrected chi connectivity index (χ3v) is 1.16. The Hall–Kier alpha value is 1.08. The van der Waals surface area contributed by atoms with Crippen LogP contribution in [0.1, 0.15) is 0 Å². The van der Waals surface area contributed by atoms with Gasteiger partial charge >= 0.3 is 50.7 Å². The first-order chi connectivity index (χ1) is 3.42. The Morgan fingerprint density at radius 2 is 1.67 bits per heavy atom. The van der Waals surface area contributed by atoms with Crippen molar-refractivity contribution in [2.75, 3.05) is 0 Å². The molecule has 0 bridgehead atoms. The van der Waals surface area contributed by atoms with Crippen LogP contribution in [-0.2, 0) is 14.1 Å². The average Bonchev–Trinajstić information content (AvgIpc) is 1.21. The Morgan fingerprint density at radius 3 is 1.67 bits per heavy atom. The van der Waals surface area contributed by atoms with Crippen LogP contribution in [-0.4, -0.2) is 13.0 Å². The molecule has 0 aromatic rings. The molecule has 50 valence electrons. The van der Waals surface area contributed by atoms with Crippen LogP contribution < -0.4 is 38.9 Å². The van der Waals surface area contributed by atoms with Crippen LogP contribution in [0.15, 0.2) is 0 Å². The molecule has 0 heterocycles. The van der Waals surface area contributed by atoms with E-state index in [2.05, 4.69) is 3.74 Å². The van der Waals surface area contributed by atoms with E-state index in [0.717, 1.165) is 0 Å². The second-order valence-electron chi connectivity index (χ2n) is 0.660. The molecule has 0 N–H and O–H groups in total. The summed E-state index contributed by atoms with van der Waals surface area (Å²) in [6.45, 7) is 0. The summed E-state index contributed by atoms with van der Waals surface area (Å²) < 4.78 is 48.9. The predicted octanol–water partition coefficient (Wildman–Crippen LogP) is -6.45. The number of rotatable bonds is 2. The molecule has 0 aromatic carbocycles. The largest absolute Gasteiger partial charge is 1.00 e. The van der Waals surface area contributed by atoms with Crippen molar-refractivity contribution >= 4 is 10.4 Å². The first kappa shape index (κ1) is 12.7. The van der Waals surface area contributed by atoms with Gasteiger partial charge in [-0.15, -0.1) is 0 Å². The Morgan fingerprint density at radius 1 is 1.33 bits per heavy atom. The van der Waals surface area contributed by atoms with Crippen molar-refractivity contribution in [2.24, 2.45) is 0 Å². The molecular weight excluding hydrogens is 187 g/mol. The molecule has 9 heavy (non-hydrogen) atoms. The molecule has 0 amide bonds. The van der Waals surface area contributed by atoms with Crippen molar-refractivity contribution in [3.63, 3.8) is 0 Å². The summed E-state index contributed by atoms with van der Waals surface area (Å²) in [7, 11) is -8.08. The topological polar surface area (TPSA) is 113 Å². The SMILES string of the molecule is O=S(=O)([O-])O[Cl+2]([O-])[O-].[Na+]. The van der Waals surface area contributed by atoms with E-state index in [1.54, 1.807) is 0 Å². The van der Waals surface area contributed by atoms with Crippen LogP contribution in [0.4, 0.5) is 0 Å². The van der Waals surface area contributed by atoms with Crippen molar-refractivity contribution in [1.29, 1.82) is 0 Å². The average molecular weight is 187 g/mol. The van der Waals surface area contributed by atoms with E-state index in [4.69, 9.17) is 0 Å². The maximum absolute atomic E-state index is 9.26. The summed E-state index contributed by atoms with van der Waals surface area (Å²) in [6, 6.07) is 0. The van der Waals surface area contributed by atoms with E-state index < -0.39 is 21.2 Å². The molecule has 0 spiro atoms. The fraction of sp³-hybridized carbons (Fsp3) is 0. The van der Waals surface area contributed by atoms with Gasteiger partial charge in [-0.25, -0.2) is 8.42 Å². The van der Waals surface area contributed by atoms with Crippen molar-refractivity contribution in [3.05, 3.63) is 0 Å². The normalized spacial score (nSPS) is 11.1. The molecule has 0 atom stereocenters. The van der Waals surface area contributed by atoms with Crippen LogP contribution in [0.2, 0.25) is 0 Å². The number of halogens is 1. The van der Waals surface area contributed by atoms with Gasteiger partial charge in [-0.2, -0.15) is 0 Å². The van der Waals surface area contributed by atoms with Crippen LogP contribution in [0.3, 0.4) is 0 Å². The van der Waals surface area contributed by atoms with E-state index in [1.165, 1.54) is 0 Å². The summed E-state index contributed by atoms with van der Waals surface area (Å²) >= 11 is 0. The number of hydrogen-bond donors (Lipinski definition) is 0. The minimum Gasteiger partial charge on any atom is -0.718 e. The van der Waals surface area contributed by atoms with Crippen LogP contribution in [0, 0.1) is 10.8 Å². The van der Waals surface area contributed by atoms with Gasteiger partial charge in [0.25, 0.3) is 0 Å². The fourth-order valence-corrected chi connectivity index (χ4v) is 0.567. The van der Waals surface area contributed by atoms with Crippen LogP contribution >= 0.6 is 0 Å². The second kappa shape index (κ2) is 4.83. The van der Waals surface area contributed by atoms with E-state index in [1.807, 2.05) is 0 Å². The van der Waals surface area contributed by atoms with Gasteiger partial charge in [0.1, 0.15) is 3.74 Å². The molecular formula is ClNaO6S. The quantitative estimate of drug-likeness (QED) is 0.241. The zero-order valence-electron chi connectivity index (χ0n) is 4.24. The molecule has 0 saturated carbocycles. The molecule has 0 saturated heterocycles. The van der Waals surface area contributed by atoms with Gasteiger partial charge in [-0.05, 0) is 0 Å². The van der Waals surface area contributed by atoms with Crippen LogP contribution in [0.5, 0.6) is 0 Å². The molecule has 0 aromatic heterocycles. The zero-order chi connectivity index (χ0) is 6.78. The summed E-state index contributed by atoms with van der Waals surface area (Å²) in [4.78, 5) is 0. The van der Waals surface area contributed by atoms with E-state index in [-0.39, 0.29) is 29.6 Å². The Bertz CT molecular complexity index is 146. The minimum absolute atomic E-state index is 0. The Labute approximate surface area is 76.5 Å². The molecule has 0 rings (SSSR count). The van der Waals surface area contributed by atoms with Gasteiger partial charge in [0.05, 0.1) is 0 Å². The first-order valence-corrected chi connectivity index (χ1v) is 3.39. The first-order valence-electron chi connectivity index (χ1n) is 1.13. The standard InChI is InChI=1S/ClHO6S.Na/c2-1(3)7-8(4,5)6;/h(H,4,5,6);/q;+1/p-1. The third-order valence-electron chi connectivity index (χ3n) is 0.129. The van der Waals surface area contributed by atoms with Gasteiger partial charge in [0.15, 0.2) is 0 Å². The molecule has 9 heteroatoms. The molecule has 0 fully saturated rings. The van der Waals surface area contributed by atoms with E-state index >= 15 is 0 Å². The predicted molar refractivity (Wildman–Crippen MR) is 10.8 cm³/mol. The van der Waals surface area contributed by atoms with Gasteiger partial charge in [0, 0.05) is 0 Å². The van der Waals surface area contributed by atoms with Crippen molar-refractivity contribution in [1.82, 2.24) is 0 Å². The fourth-order valence-electron chi connectivity index (χ4n) is 0.0630. The second-order valence-corrected chi connectivity index (χ2v) is 2.36. The monoisotopic (exact) mass is 186 g/mol. The van der Waals surface area contributed by atoms with Crippen molar-refractivity contribution in [3.8, 4) is 0 Å². The molecule has 0 radical (unpaired) electrons. The number of hydrogen-bond acceptors (Lipinski definition) is 6. The molecule has 6 nitrogen and oxygen atoms in total. The van der Waals surface area contributed by atoms with Gasteiger partial charge in [-0.1, -0.05) is 0 Å². The zero-order valence-corrected chi connectivity index (χ0v) is 7.81. The maximum atomic E-state index is 9.26. The van der Waals surface area contributed by atoms with Gasteiger partial charge < -0.3 is 13.9 Å². The van der Waals surface area contributed by atoms with Crippen LogP contribution in [0.25, 0.3) is 0 Å². The summed E-state index contributed by atoms with van der Waals surface area (Å²) in [5, 5.41) is 0. The minimum atomic E-state index is -5.10. The van der Waals surface area contributed by atoms with Gasteiger partial charge in [-0.3, -0.25) is 0 Å². The molecule has 0 aliphatic carbocycles. The molecule has 0 aliphatic heterocycles. The Balaban J connectivity index is 0. The molecule has 0 aliphatic rings. The van der Waals surface area contributed by atoms with Gasteiger partial charge in [0.2, 0.25) is 0 Å². The smallest absolute Gasteiger partial charge is 0.718 e. The summed E-state index contributed by atoms with van der Waals surface area (Å²) in [5.41, 5.74) is 0. The van der Waals surface area contributed by atoms with E-state index in [9.17, 15) is 22.3 Å². The van der Waals surface area contributed by atoms with Crippen molar-refractivity contribution < 1.29 is 66.4 Å². The molecule has 0 unspecified atom stereocenters.